The molecule has 1 aromatic carbocycles. The van der Waals surface area contributed by atoms with Crippen molar-refractivity contribution in [1.29, 1.82) is 0 Å². The number of hydrogen-bond donors (Lipinski definition) is 1. The lowest BCUT2D eigenvalue weighted by atomic mass is 10.1. The van der Waals surface area contributed by atoms with E-state index in [1.165, 1.54) is 0 Å². The molecule has 0 bridgehead atoms. The summed E-state index contributed by atoms with van der Waals surface area (Å²) in [5.41, 5.74) is 6.92. The number of methoxy groups -OCH3 is 1. The molecule has 0 amide bonds. The fourth-order valence-corrected chi connectivity index (χ4v) is 1.40. The van der Waals surface area contributed by atoms with E-state index in [9.17, 15) is 0 Å². The first-order chi connectivity index (χ1) is 7.24. The van der Waals surface area contributed by atoms with E-state index in [1.54, 1.807) is 7.11 Å². The van der Waals surface area contributed by atoms with Crippen LogP contribution in [-0.2, 0) is 11.2 Å². The standard InChI is InChI=1S/C12H19NO2/c1-10(13)9-11-5-3-4-6-12(11)15-8-7-14-2/h3-6,10H,7-9,13H2,1-2H3. The number of ether oxygens (including phenoxy) is 2. The summed E-state index contributed by atoms with van der Waals surface area (Å²) in [7, 11) is 1.66. The third-order valence-electron chi connectivity index (χ3n) is 2.06. The monoisotopic (exact) mass is 209 g/mol. The molecule has 0 fully saturated rings. The van der Waals surface area contributed by atoms with Gasteiger partial charge in [0.15, 0.2) is 0 Å². The lowest BCUT2D eigenvalue weighted by Gasteiger charge is -2.12. The average molecular weight is 209 g/mol. The Kier molecular flexibility index (Phi) is 5.15. The van der Waals surface area contributed by atoms with Crippen molar-refractivity contribution >= 4 is 0 Å². The third-order valence-corrected chi connectivity index (χ3v) is 2.06. The van der Waals surface area contributed by atoms with Crippen molar-refractivity contribution in [2.75, 3.05) is 20.3 Å². The zero-order valence-corrected chi connectivity index (χ0v) is 9.40. The number of rotatable bonds is 6. The average Bonchev–Trinajstić information content (AvgIpc) is 2.20. The molecule has 3 nitrogen and oxygen atoms in total. The lowest BCUT2D eigenvalue weighted by molar-refractivity contribution is 0.145. The van der Waals surface area contributed by atoms with Crippen LogP contribution >= 0.6 is 0 Å². The Morgan fingerprint density at radius 2 is 2.00 bits per heavy atom. The van der Waals surface area contributed by atoms with E-state index < -0.39 is 0 Å². The van der Waals surface area contributed by atoms with Gasteiger partial charge in [0, 0.05) is 13.2 Å². The van der Waals surface area contributed by atoms with Gasteiger partial charge in [0.25, 0.3) is 0 Å². The first-order valence-electron chi connectivity index (χ1n) is 5.19. The summed E-state index contributed by atoms with van der Waals surface area (Å²) in [5, 5.41) is 0. The second kappa shape index (κ2) is 6.43. The van der Waals surface area contributed by atoms with Gasteiger partial charge in [-0.25, -0.2) is 0 Å². The van der Waals surface area contributed by atoms with E-state index in [1.807, 2.05) is 31.2 Å². The summed E-state index contributed by atoms with van der Waals surface area (Å²) in [6.07, 6.45) is 0.836. The van der Waals surface area contributed by atoms with E-state index in [0.29, 0.717) is 13.2 Å². The largest absolute Gasteiger partial charge is 0.491 e. The van der Waals surface area contributed by atoms with Crippen LogP contribution in [0.1, 0.15) is 12.5 Å². The van der Waals surface area contributed by atoms with Gasteiger partial charge in [0.05, 0.1) is 6.61 Å². The summed E-state index contributed by atoms with van der Waals surface area (Å²) in [6, 6.07) is 8.13. The van der Waals surface area contributed by atoms with E-state index in [4.69, 9.17) is 15.2 Å². The van der Waals surface area contributed by atoms with Crippen LogP contribution < -0.4 is 10.5 Å². The van der Waals surface area contributed by atoms with Crippen LogP contribution in [0.3, 0.4) is 0 Å². The van der Waals surface area contributed by atoms with E-state index in [2.05, 4.69) is 0 Å². The summed E-state index contributed by atoms with van der Waals surface area (Å²) >= 11 is 0. The van der Waals surface area contributed by atoms with E-state index in [-0.39, 0.29) is 6.04 Å². The first kappa shape index (κ1) is 12.0. The summed E-state index contributed by atoms with van der Waals surface area (Å²) in [6.45, 7) is 3.17. The van der Waals surface area contributed by atoms with Crippen LogP contribution in [0.5, 0.6) is 5.75 Å². The van der Waals surface area contributed by atoms with Crippen molar-refractivity contribution in [2.24, 2.45) is 5.73 Å². The minimum atomic E-state index is 0.150. The summed E-state index contributed by atoms with van der Waals surface area (Å²) in [5.74, 6) is 0.909. The molecule has 15 heavy (non-hydrogen) atoms. The number of benzene rings is 1. The van der Waals surface area contributed by atoms with Crippen LogP contribution in [0.4, 0.5) is 0 Å². The molecule has 0 heterocycles. The molecule has 1 aromatic rings. The van der Waals surface area contributed by atoms with Crippen molar-refractivity contribution in [2.45, 2.75) is 19.4 Å². The van der Waals surface area contributed by atoms with Crippen LogP contribution in [0.2, 0.25) is 0 Å². The van der Waals surface area contributed by atoms with Crippen molar-refractivity contribution in [3.05, 3.63) is 29.8 Å². The molecule has 0 aliphatic rings. The normalized spacial score (nSPS) is 12.5. The molecular formula is C12H19NO2. The third kappa shape index (κ3) is 4.32. The molecule has 0 radical (unpaired) electrons. The summed E-state index contributed by atoms with van der Waals surface area (Å²) < 4.78 is 10.5. The minimum Gasteiger partial charge on any atom is -0.491 e. The Balaban J connectivity index is 2.60. The maximum atomic E-state index is 5.77. The second-order valence-corrected chi connectivity index (χ2v) is 3.63. The van der Waals surface area contributed by atoms with Gasteiger partial charge in [-0.3, -0.25) is 0 Å². The molecule has 1 atom stereocenters. The molecule has 1 unspecified atom stereocenters. The zero-order valence-electron chi connectivity index (χ0n) is 9.40. The Morgan fingerprint density at radius 1 is 1.27 bits per heavy atom. The number of para-hydroxylation sites is 1. The van der Waals surface area contributed by atoms with Gasteiger partial charge in [-0.15, -0.1) is 0 Å². The predicted molar refractivity (Wildman–Crippen MR) is 61.2 cm³/mol. The highest BCUT2D eigenvalue weighted by molar-refractivity contribution is 5.33. The molecule has 1 rings (SSSR count). The minimum absolute atomic E-state index is 0.150. The van der Waals surface area contributed by atoms with Gasteiger partial charge in [-0.05, 0) is 25.0 Å². The Bertz CT molecular complexity index is 287. The van der Waals surface area contributed by atoms with Crippen LogP contribution in [-0.4, -0.2) is 26.4 Å². The van der Waals surface area contributed by atoms with Gasteiger partial charge < -0.3 is 15.2 Å². The number of nitrogens with two attached hydrogens (primary N) is 1. The Morgan fingerprint density at radius 3 is 2.67 bits per heavy atom. The van der Waals surface area contributed by atoms with Crippen molar-refractivity contribution < 1.29 is 9.47 Å². The molecule has 2 N–H and O–H groups in total. The van der Waals surface area contributed by atoms with Crippen LogP contribution in [0.25, 0.3) is 0 Å². The molecule has 0 spiro atoms. The highest BCUT2D eigenvalue weighted by atomic mass is 16.5. The molecule has 84 valence electrons. The van der Waals surface area contributed by atoms with E-state index in [0.717, 1.165) is 17.7 Å². The van der Waals surface area contributed by atoms with Crippen molar-refractivity contribution in [1.82, 2.24) is 0 Å². The highest BCUT2D eigenvalue weighted by Crippen LogP contribution is 2.19. The maximum absolute atomic E-state index is 5.77. The number of hydrogen-bond acceptors (Lipinski definition) is 3. The maximum Gasteiger partial charge on any atom is 0.122 e. The molecular weight excluding hydrogens is 190 g/mol. The second-order valence-electron chi connectivity index (χ2n) is 3.63. The SMILES string of the molecule is COCCOc1ccccc1CC(C)N. The van der Waals surface area contributed by atoms with E-state index >= 15 is 0 Å². The topological polar surface area (TPSA) is 44.5 Å². The van der Waals surface area contributed by atoms with Gasteiger partial charge in [-0.1, -0.05) is 18.2 Å². The molecule has 0 aliphatic carbocycles. The van der Waals surface area contributed by atoms with Gasteiger partial charge in [-0.2, -0.15) is 0 Å². The first-order valence-corrected chi connectivity index (χ1v) is 5.19. The highest BCUT2D eigenvalue weighted by Gasteiger charge is 2.04. The predicted octanol–water partition coefficient (Wildman–Crippen LogP) is 1.60. The van der Waals surface area contributed by atoms with Gasteiger partial charge in [0.2, 0.25) is 0 Å². The zero-order chi connectivity index (χ0) is 11.1. The van der Waals surface area contributed by atoms with Gasteiger partial charge in [0.1, 0.15) is 12.4 Å². The van der Waals surface area contributed by atoms with Crippen molar-refractivity contribution in [3.63, 3.8) is 0 Å². The lowest BCUT2D eigenvalue weighted by Crippen LogP contribution is -2.18. The van der Waals surface area contributed by atoms with Crippen LogP contribution in [0, 0.1) is 0 Å². The molecule has 0 saturated heterocycles. The fraction of sp³-hybridized carbons (Fsp3) is 0.500. The molecule has 0 aromatic heterocycles. The van der Waals surface area contributed by atoms with Gasteiger partial charge >= 0.3 is 0 Å². The Labute approximate surface area is 91.2 Å². The quantitative estimate of drug-likeness (QED) is 0.724. The molecule has 3 heteroatoms. The molecule has 0 saturated carbocycles. The van der Waals surface area contributed by atoms with Crippen LogP contribution in [0.15, 0.2) is 24.3 Å². The van der Waals surface area contributed by atoms with Crippen molar-refractivity contribution in [3.8, 4) is 5.75 Å². The smallest absolute Gasteiger partial charge is 0.122 e. The summed E-state index contributed by atoms with van der Waals surface area (Å²) in [4.78, 5) is 0. The molecule has 0 aliphatic heterocycles. The fourth-order valence-electron chi connectivity index (χ4n) is 1.40. The Hall–Kier alpha value is -1.06.